The molecule has 29 heavy (non-hydrogen) atoms. The number of halogens is 2. The van der Waals surface area contributed by atoms with E-state index in [0.717, 1.165) is 11.1 Å². The fourth-order valence-corrected chi connectivity index (χ4v) is 2.32. The maximum Gasteiger partial charge on any atom is 0.244 e. The van der Waals surface area contributed by atoms with Crippen molar-refractivity contribution in [3.05, 3.63) is 83.4 Å². The van der Waals surface area contributed by atoms with Gasteiger partial charge >= 0.3 is 0 Å². The van der Waals surface area contributed by atoms with E-state index in [2.05, 4.69) is 10.6 Å². The Bertz CT molecular complexity index is 813. The topological polar surface area (TPSA) is 58.2 Å². The van der Waals surface area contributed by atoms with E-state index in [-0.39, 0.29) is 28.9 Å². The van der Waals surface area contributed by atoms with E-state index in [9.17, 15) is 18.4 Å². The quantitative estimate of drug-likeness (QED) is 0.662. The van der Waals surface area contributed by atoms with E-state index >= 15 is 0 Å². The normalized spacial score (nSPS) is 11.7. The van der Waals surface area contributed by atoms with Crippen molar-refractivity contribution in [1.82, 2.24) is 10.6 Å². The average molecular weight is 398 g/mol. The van der Waals surface area contributed by atoms with Crippen LogP contribution in [0.15, 0.2) is 60.7 Å². The highest BCUT2D eigenvalue weighted by atomic mass is 19.1. The van der Waals surface area contributed by atoms with Crippen molar-refractivity contribution < 1.29 is 18.4 Å². The van der Waals surface area contributed by atoms with E-state index in [1.165, 1.54) is 36.4 Å². The first kappa shape index (κ1) is 22.0. The molecule has 2 amide bonds. The molecule has 0 radical (unpaired) electrons. The van der Waals surface area contributed by atoms with Crippen LogP contribution in [0.25, 0.3) is 12.2 Å². The zero-order valence-electron chi connectivity index (χ0n) is 16.4. The lowest BCUT2D eigenvalue weighted by Crippen LogP contribution is -2.41. The Balaban J connectivity index is 1.75. The fraction of sp³-hybridized carbons (Fsp3) is 0.217. The van der Waals surface area contributed by atoms with Gasteiger partial charge in [0.05, 0.1) is 0 Å². The van der Waals surface area contributed by atoms with Gasteiger partial charge in [0.2, 0.25) is 11.8 Å². The van der Waals surface area contributed by atoms with Crippen LogP contribution in [0.4, 0.5) is 8.78 Å². The first-order valence-corrected chi connectivity index (χ1v) is 9.16. The van der Waals surface area contributed by atoms with Gasteiger partial charge in [-0.2, -0.15) is 0 Å². The van der Waals surface area contributed by atoms with Gasteiger partial charge in [-0.25, -0.2) is 8.78 Å². The van der Waals surface area contributed by atoms with Gasteiger partial charge in [-0.3, -0.25) is 9.59 Å². The molecule has 2 aromatic carbocycles. The molecular formula is C23H24F2N2O2. The van der Waals surface area contributed by atoms with Crippen LogP contribution in [0.1, 0.15) is 25.0 Å². The highest BCUT2D eigenvalue weighted by Gasteiger charge is 2.19. The third kappa shape index (κ3) is 8.51. The second kappa shape index (κ2) is 10.3. The lowest BCUT2D eigenvalue weighted by Gasteiger charge is -2.24. The molecule has 0 fully saturated rings. The van der Waals surface area contributed by atoms with Crippen molar-refractivity contribution in [2.75, 3.05) is 13.1 Å². The molecule has 0 aromatic heterocycles. The first-order chi connectivity index (χ1) is 13.7. The summed E-state index contributed by atoms with van der Waals surface area (Å²) < 4.78 is 25.7. The van der Waals surface area contributed by atoms with Crippen molar-refractivity contribution in [2.45, 2.75) is 13.8 Å². The predicted molar refractivity (Wildman–Crippen MR) is 111 cm³/mol. The summed E-state index contributed by atoms with van der Waals surface area (Å²) in [5.41, 5.74) is 1.08. The molecule has 2 N–H and O–H groups in total. The SMILES string of the molecule is CC(C)(CNC(=O)/C=C/c1ccc(F)cc1)CNC(=O)/C=C/c1ccc(F)cc1. The van der Waals surface area contributed by atoms with Gasteiger partial charge in [-0.05, 0) is 53.0 Å². The molecule has 0 aliphatic heterocycles. The molecule has 2 rings (SSSR count). The standard InChI is InChI=1S/C23H24F2N2O2/c1-23(2,15-26-21(28)13-7-17-3-9-19(24)10-4-17)16-27-22(29)14-8-18-5-11-20(25)12-6-18/h3-14H,15-16H2,1-2H3,(H,26,28)(H,27,29)/b13-7+,14-8+. The number of benzene rings is 2. The van der Waals surface area contributed by atoms with E-state index < -0.39 is 0 Å². The maximum absolute atomic E-state index is 12.9. The van der Waals surface area contributed by atoms with E-state index in [4.69, 9.17) is 0 Å². The van der Waals surface area contributed by atoms with Crippen molar-refractivity contribution in [1.29, 1.82) is 0 Å². The van der Waals surface area contributed by atoms with Gasteiger partial charge in [0.25, 0.3) is 0 Å². The molecule has 0 bridgehead atoms. The van der Waals surface area contributed by atoms with E-state index in [0.29, 0.717) is 13.1 Å². The van der Waals surface area contributed by atoms with Gasteiger partial charge in [-0.1, -0.05) is 38.1 Å². The molecule has 0 aliphatic carbocycles. The van der Waals surface area contributed by atoms with E-state index in [1.54, 1.807) is 36.4 Å². The highest BCUT2D eigenvalue weighted by Crippen LogP contribution is 2.12. The maximum atomic E-state index is 12.9. The van der Waals surface area contributed by atoms with Crippen LogP contribution in [-0.2, 0) is 9.59 Å². The third-order valence-electron chi connectivity index (χ3n) is 4.08. The molecule has 2 aromatic rings. The summed E-state index contributed by atoms with van der Waals surface area (Å²) in [7, 11) is 0. The van der Waals surface area contributed by atoms with Crippen molar-refractivity contribution in [3.8, 4) is 0 Å². The molecule has 0 saturated heterocycles. The summed E-state index contributed by atoms with van der Waals surface area (Å²) in [6.07, 6.45) is 5.97. The summed E-state index contributed by atoms with van der Waals surface area (Å²) in [5.74, 6) is -1.21. The number of nitrogens with one attached hydrogen (secondary N) is 2. The fourth-order valence-electron chi connectivity index (χ4n) is 2.32. The Kier molecular flexibility index (Phi) is 7.83. The monoisotopic (exact) mass is 398 g/mol. The minimum Gasteiger partial charge on any atom is -0.352 e. The molecular weight excluding hydrogens is 374 g/mol. The van der Waals surface area contributed by atoms with Crippen LogP contribution in [-0.4, -0.2) is 24.9 Å². The van der Waals surface area contributed by atoms with Crippen molar-refractivity contribution in [2.24, 2.45) is 5.41 Å². The second-order valence-corrected chi connectivity index (χ2v) is 7.37. The number of carbonyl (C=O) groups excluding carboxylic acids is 2. The van der Waals surface area contributed by atoms with Gasteiger partial charge in [0, 0.05) is 25.2 Å². The minimum atomic E-state index is -0.362. The molecule has 152 valence electrons. The average Bonchev–Trinajstić information content (AvgIpc) is 2.70. The summed E-state index contributed by atoms with van der Waals surface area (Å²) in [6, 6.07) is 11.6. The second-order valence-electron chi connectivity index (χ2n) is 7.37. The molecule has 0 saturated carbocycles. The summed E-state index contributed by atoms with van der Waals surface area (Å²) in [4.78, 5) is 23.9. The minimum absolute atomic E-state index is 0.273. The lowest BCUT2D eigenvalue weighted by molar-refractivity contribution is -0.116. The molecule has 0 spiro atoms. The summed E-state index contributed by atoms with van der Waals surface area (Å²) >= 11 is 0. The molecule has 4 nitrogen and oxygen atoms in total. The zero-order chi connectivity index (χ0) is 21.3. The number of hydrogen-bond acceptors (Lipinski definition) is 2. The molecule has 0 atom stereocenters. The smallest absolute Gasteiger partial charge is 0.244 e. The number of carbonyl (C=O) groups is 2. The summed E-state index contributed by atoms with van der Waals surface area (Å²) in [6.45, 7) is 4.56. The largest absolute Gasteiger partial charge is 0.352 e. The third-order valence-corrected chi connectivity index (χ3v) is 4.08. The Morgan fingerprint density at radius 1 is 0.759 bits per heavy atom. The van der Waals surface area contributed by atoms with Crippen molar-refractivity contribution in [3.63, 3.8) is 0 Å². The molecule has 0 unspecified atom stereocenters. The first-order valence-electron chi connectivity index (χ1n) is 9.16. The highest BCUT2D eigenvalue weighted by molar-refractivity contribution is 5.92. The van der Waals surface area contributed by atoms with Crippen LogP contribution >= 0.6 is 0 Å². The Labute approximate surface area is 169 Å². The Morgan fingerprint density at radius 2 is 1.10 bits per heavy atom. The Hall–Kier alpha value is -3.28. The van der Waals surface area contributed by atoms with Crippen LogP contribution in [0.5, 0.6) is 0 Å². The number of hydrogen-bond donors (Lipinski definition) is 2. The molecule has 6 heteroatoms. The van der Waals surface area contributed by atoms with E-state index in [1.807, 2.05) is 13.8 Å². The van der Waals surface area contributed by atoms with Crippen LogP contribution < -0.4 is 10.6 Å². The molecule has 0 heterocycles. The van der Waals surface area contributed by atoms with Gasteiger partial charge in [0.15, 0.2) is 0 Å². The zero-order valence-corrected chi connectivity index (χ0v) is 16.4. The lowest BCUT2D eigenvalue weighted by atomic mass is 9.93. The van der Waals surface area contributed by atoms with Gasteiger partial charge in [-0.15, -0.1) is 0 Å². The Morgan fingerprint density at radius 3 is 1.45 bits per heavy atom. The van der Waals surface area contributed by atoms with Crippen molar-refractivity contribution >= 4 is 24.0 Å². The van der Waals surface area contributed by atoms with Gasteiger partial charge < -0.3 is 10.6 Å². The predicted octanol–water partition coefficient (Wildman–Crippen LogP) is 3.95. The number of rotatable bonds is 8. The summed E-state index contributed by atoms with van der Waals surface area (Å²) in [5, 5.41) is 5.57. The molecule has 0 aliphatic rings. The number of amides is 2. The van der Waals surface area contributed by atoms with Gasteiger partial charge in [0.1, 0.15) is 11.6 Å². The van der Waals surface area contributed by atoms with Crippen LogP contribution in [0, 0.1) is 17.0 Å². The van der Waals surface area contributed by atoms with Crippen LogP contribution in [0.3, 0.4) is 0 Å². The van der Waals surface area contributed by atoms with Crippen LogP contribution in [0.2, 0.25) is 0 Å².